The molecule has 1 saturated heterocycles. The van der Waals surface area contributed by atoms with Crippen molar-refractivity contribution in [2.24, 2.45) is 17.3 Å². The van der Waals surface area contributed by atoms with Crippen molar-refractivity contribution in [3.8, 4) is 0 Å². The molecule has 3 atom stereocenters. The van der Waals surface area contributed by atoms with Gasteiger partial charge in [-0.25, -0.2) is 0 Å². The number of rotatable bonds is 2. The second-order valence-corrected chi connectivity index (χ2v) is 5.57. The van der Waals surface area contributed by atoms with E-state index in [2.05, 4.69) is 5.32 Å². The van der Waals surface area contributed by atoms with Gasteiger partial charge in [0, 0.05) is 19.1 Å². The lowest BCUT2D eigenvalue weighted by Crippen LogP contribution is -2.35. The van der Waals surface area contributed by atoms with Gasteiger partial charge in [-0.3, -0.25) is 4.79 Å². The number of ether oxygens (including phenoxy) is 1. The molecule has 0 aromatic rings. The largest absolute Gasteiger partial charge is 0.459 e. The van der Waals surface area contributed by atoms with Crippen LogP contribution in [0.5, 0.6) is 0 Å². The molecule has 0 aromatic heterocycles. The van der Waals surface area contributed by atoms with Crippen LogP contribution in [0.1, 0.15) is 20.8 Å². The van der Waals surface area contributed by atoms with Crippen LogP contribution < -0.4 is 5.32 Å². The Morgan fingerprint density at radius 3 is 2.73 bits per heavy atom. The summed E-state index contributed by atoms with van der Waals surface area (Å²) in [6.07, 6.45) is 0. The Bertz CT molecular complexity index is 278. The number of carbonyl (C=O) groups excluding carboxylic acids is 1. The standard InChI is InChI=1S/C11H19NO3/c1-10(2,3)15-9(14)11-6-12-4-7(11)8(11)5-13/h7-8,12-13H,4-6H2,1-3H3. The van der Waals surface area contributed by atoms with E-state index in [9.17, 15) is 9.90 Å². The van der Waals surface area contributed by atoms with Crippen molar-refractivity contribution < 1.29 is 14.6 Å². The highest BCUT2D eigenvalue weighted by atomic mass is 16.6. The Labute approximate surface area is 90.0 Å². The third-order valence-corrected chi connectivity index (χ3v) is 3.46. The van der Waals surface area contributed by atoms with Gasteiger partial charge in [-0.2, -0.15) is 0 Å². The number of nitrogens with one attached hydrogen (secondary N) is 1. The van der Waals surface area contributed by atoms with Crippen LogP contribution >= 0.6 is 0 Å². The zero-order valence-corrected chi connectivity index (χ0v) is 9.54. The maximum absolute atomic E-state index is 12.0. The van der Waals surface area contributed by atoms with Gasteiger partial charge >= 0.3 is 5.97 Å². The molecule has 1 heterocycles. The predicted molar refractivity (Wildman–Crippen MR) is 55.2 cm³/mol. The maximum Gasteiger partial charge on any atom is 0.314 e. The molecule has 2 rings (SSSR count). The van der Waals surface area contributed by atoms with Crippen LogP contribution in [-0.4, -0.2) is 36.4 Å². The second kappa shape index (κ2) is 3.19. The first kappa shape index (κ1) is 10.9. The Morgan fingerprint density at radius 1 is 1.60 bits per heavy atom. The molecular formula is C11H19NO3. The first-order valence-corrected chi connectivity index (χ1v) is 5.47. The smallest absolute Gasteiger partial charge is 0.314 e. The summed E-state index contributed by atoms with van der Waals surface area (Å²) in [7, 11) is 0. The van der Waals surface area contributed by atoms with Crippen molar-refractivity contribution in [1.29, 1.82) is 0 Å². The Kier molecular flexibility index (Phi) is 2.32. The SMILES string of the molecule is CC(C)(C)OC(=O)C12CNCC1C2CO. The van der Waals surface area contributed by atoms with Crippen LogP contribution in [0.15, 0.2) is 0 Å². The third kappa shape index (κ3) is 1.56. The molecule has 86 valence electrons. The van der Waals surface area contributed by atoms with E-state index in [4.69, 9.17) is 4.74 Å². The Balaban J connectivity index is 2.07. The van der Waals surface area contributed by atoms with Crippen LogP contribution in [0.25, 0.3) is 0 Å². The van der Waals surface area contributed by atoms with E-state index >= 15 is 0 Å². The molecule has 0 bridgehead atoms. The number of piperidine rings is 1. The monoisotopic (exact) mass is 213 g/mol. The first-order valence-electron chi connectivity index (χ1n) is 5.47. The maximum atomic E-state index is 12.0. The molecule has 2 aliphatic rings. The summed E-state index contributed by atoms with van der Waals surface area (Å²) in [5.74, 6) is 0.231. The summed E-state index contributed by atoms with van der Waals surface area (Å²) < 4.78 is 5.41. The van der Waals surface area contributed by atoms with E-state index in [1.54, 1.807) is 0 Å². The molecular weight excluding hydrogens is 194 g/mol. The van der Waals surface area contributed by atoms with E-state index in [0.717, 1.165) is 6.54 Å². The minimum atomic E-state index is -0.443. The minimum Gasteiger partial charge on any atom is -0.459 e. The third-order valence-electron chi connectivity index (χ3n) is 3.46. The minimum absolute atomic E-state index is 0.0889. The van der Waals surface area contributed by atoms with Crippen molar-refractivity contribution >= 4 is 5.97 Å². The number of esters is 1. The zero-order chi connectivity index (χ0) is 11.3. The highest BCUT2D eigenvalue weighted by Gasteiger charge is 2.72. The molecule has 0 amide bonds. The lowest BCUT2D eigenvalue weighted by molar-refractivity contribution is -0.162. The van der Waals surface area contributed by atoms with Gasteiger partial charge in [0.05, 0.1) is 5.41 Å². The normalized spacial score (nSPS) is 38.7. The van der Waals surface area contributed by atoms with Gasteiger partial charge in [0.1, 0.15) is 5.60 Å². The van der Waals surface area contributed by atoms with Crippen molar-refractivity contribution in [3.05, 3.63) is 0 Å². The fourth-order valence-electron chi connectivity index (χ4n) is 2.66. The van der Waals surface area contributed by atoms with E-state index in [1.807, 2.05) is 20.8 Å². The van der Waals surface area contributed by atoms with Gasteiger partial charge < -0.3 is 15.2 Å². The molecule has 1 aliphatic heterocycles. The highest BCUT2D eigenvalue weighted by molar-refractivity contribution is 5.83. The number of aliphatic hydroxyl groups excluding tert-OH is 1. The van der Waals surface area contributed by atoms with Gasteiger partial charge in [0.2, 0.25) is 0 Å². The highest BCUT2D eigenvalue weighted by Crippen LogP contribution is 2.61. The summed E-state index contributed by atoms with van der Waals surface area (Å²) in [6.45, 7) is 7.17. The molecule has 4 heteroatoms. The van der Waals surface area contributed by atoms with E-state index < -0.39 is 11.0 Å². The van der Waals surface area contributed by atoms with E-state index in [1.165, 1.54) is 0 Å². The molecule has 1 saturated carbocycles. The average Bonchev–Trinajstić information content (AvgIpc) is 2.50. The lowest BCUT2D eigenvalue weighted by atomic mass is 10.0. The molecule has 15 heavy (non-hydrogen) atoms. The van der Waals surface area contributed by atoms with Crippen LogP contribution in [0.2, 0.25) is 0 Å². The number of carbonyl (C=O) groups is 1. The van der Waals surface area contributed by atoms with Gasteiger partial charge in [-0.1, -0.05) is 0 Å². The van der Waals surface area contributed by atoms with Crippen molar-refractivity contribution in [1.82, 2.24) is 5.32 Å². The van der Waals surface area contributed by atoms with Crippen LogP contribution in [0.4, 0.5) is 0 Å². The van der Waals surface area contributed by atoms with Crippen LogP contribution in [0, 0.1) is 17.3 Å². The molecule has 2 fully saturated rings. The summed E-state index contributed by atoms with van der Waals surface area (Å²) in [5.41, 5.74) is -0.871. The summed E-state index contributed by atoms with van der Waals surface area (Å²) in [6, 6.07) is 0. The fourth-order valence-corrected chi connectivity index (χ4v) is 2.66. The fraction of sp³-hybridized carbons (Fsp3) is 0.909. The molecule has 0 aromatic carbocycles. The van der Waals surface area contributed by atoms with Crippen LogP contribution in [-0.2, 0) is 9.53 Å². The second-order valence-electron chi connectivity index (χ2n) is 5.57. The van der Waals surface area contributed by atoms with Gasteiger partial charge in [0.15, 0.2) is 0 Å². The molecule has 0 spiro atoms. The van der Waals surface area contributed by atoms with E-state index in [-0.39, 0.29) is 24.4 Å². The van der Waals surface area contributed by atoms with E-state index in [0.29, 0.717) is 6.54 Å². The molecule has 0 radical (unpaired) electrons. The number of hydrogen-bond donors (Lipinski definition) is 2. The van der Waals surface area contributed by atoms with Crippen molar-refractivity contribution in [2.45, 2.75) is 26.4 Å². The first-order chi connectivity index (χ1) is 6.92. The number of hydrogen-bond acceptors (Lipinski definition) is 4. The average molecular weight is 213 g/mol. The Hall–Kier alpha value is -0.610. The predicted octanol–water partition coefficient (Wildman–Crippen LogP) is 0.156. The summed E-state index contributed by atoms with van der Waals surface area (Å²) in [5, 5.41) is 12.4. The van der Waals surface area contributed by atoms with Gasteiger partial charge in [-0.05, 0) is 33.2 Å². The number of fused-ring (bicyclic) bond motifs is 1. The summed E-state index contributed by atoms with van der Waals surface area (Å²) in [4.78, 5) is 12.0. The molecule has 4 nitrogen and oxygen atoms in total. The molecule has 2 N–H and O–H groups in total. The Morgan fingerprint density at radius 2 is 2.27 bits per heavy atom. The topological polar surface area (TPSA) is 58.6 Å². The van der Waals surface area contributed by atoms with Gasteiger partial charge in [-0.15, -0.1) is 0 Å². The molecule has 3 unspecified atom stereocenters. The zero-order valence-electron chi connectivity index (χ0n) is 9.54. The quantitative estimate of drug-likeness (QED) is 0.641. The lowest BCUT2D eigenvalue weighted by Gasteiger charge is -2.23. The van der Waals surface area contributed by atoms with Crippen LogP contribution in [0.3, 0.4) is 0 Å². The van der Waals surface area contributed by atoms with Crippen molar-refractivity contribution in [2.75, 3.05) is 19.7 Å². The van der Waals surface area contributed by atoms with Gasteiger partial charge in [0.25, 0.3) is 0 Å². The molecule has 1 aliphatic carbocycles. The number of aliphatic hydroxyl groups is 1. The van der Waals surface area contributed by atoms with Crippen molar-refractivity contribution in [3.63, 3.8) is 0 Å². The summed E-state index contributed by atoms with van der Waals surface area (Å²) >= 11 is 0.